The summed E-state index contributed by atoms with van der Waals surface area (Å²) in [4.78, 5) is 12.5. The molecule has 3 nitrogen and oxygen atoms in total. The van der Waals surface area contributed by atoms with Crippen LogP contribution in [0.3, 0.4) is 0 Å². The van der Waals surface area contributed by atoms with Crippen molar-refractivity contribution in [1.29, 1.82) is 0 Å². The first kappa shape index (κ1) is 21.0. The second-order valence-corrected chi connectivity index (χ2v) is 8.13. The predicted octanol–water partition coefficient (Wildman–Crippen LogP) is 6.40. The molecule has 0 spiro atoms. The van der Waals surface area contributed by atoms with Crippen LogP contribution in [0, 0.1) is 11.8 Å². The van der Waals surface area contributed by atoms with Gasteiger partial charge in [0.1, 0.15) is 11.3 Å². The van der Waals surface area contributed by atoms with E-state index < -0.39 is 17.7 Å². The second-order valence-electron chi connectivity index (χ2n) is 8.13. The number of halogens is 3. The summed E-state index contributed by atoms with van der Waals surface area (Å²) in [5, 5.41) is 0. The Morgan fingerprint density at radius 3 is 2.04 bits per heavy atom. The largest absolute Gasteiger partial charge is 0.492 e. The van der Waals surface area contributed by atoms with E-state index in [2.05, 4.69) is 0 Å². The van der Waals surface area contributed by atoms with Crippen LogP contribution >= 0.6 is 0 Å². The molecule has 1 aromatic carbocycles. The van der Waals surface area contributed by atoms with Gasteiger partial charge in [-0.3, -0.25) is 0 Å². The van der Waals surface area contributed by atoms with Crippen LogP contribution in [0.4, 0.5) is 13.2 Å². The van der Waals surface area contributed by atoms with Gasteiger partial charge < -0.3 is 9.47 Å². The molecule has 2 fully saturated rings. The molecule has 0 radical (unpaired) electrons. The first-order valence-corrected chi connectivity index (χ1v) is 10.4. The molecule has 0 amide bonds. The molecule has 2 aliphatic carbocycles. The van der Waals surface area contributed by atoms with E-state index in [1.54, 1.807) is 0 Å². The normalized spacial score (nSPS) is 19.4. The van der Waals surface area contributed by atoms with Crippen molar-refractivity contribution in [3.05, 3.63) is 29.3 Å². The maximum absolute atomic E-state index is 13.1. The van der Waals surface area contributed by atoms with Gasteiger partial charge in [0, 0.05) is 0 Å². The second kappa shape index (κ2) is 9.66. The van der Waals surface area contributed by atoms with Crippen molar-refractivity contribution >= 4 is 5.97 Å². The molecule has 0 aromatic heterocycles. The van der Waals surface area contributed by atoms with Crippen LogP contribution in [0.2, 0.25) is 0 Å². The zero-order chi connectivity index (χ0) is 20.0. The number of rotatable bonds is 6. The number of alkyl halides is 3. The van der Waals surface area contributed by atoms with Gasteiger partial charge in [-0.25, -0.2) is 4.79 Å². The van der Waals surface area contributed by atoms with E-state index in [4.69, 9.17) is 9.47 Å². The fourth-order valence-electron chi connectivity index (χ4n) is 4.17. The van der Waals surface area contributed by atoms with Gasteiger partial charge in [-0.1, -0.05) is 38.5 Å². The lowest BCUT2D eigenvalue weighted by atomic mass is 9.90. The lowest BCUT2D eigenvalue weighted by Crippen LogP contribution is -2.19. The van der Waals surface area contributed by atoms with E-state index >= 15 is 0 Å². The van der Waals surface area contributed by atoms with Crippen molar-refractivity contribution in [3.63, 3.8) is 0 Å². The van der Waals surface area contributed by atoms with E-state index in [1.807, 2.05) is 0 Å². The SMILES string of the molecule is O=C(OCC1CCCCC1)c1ccc(C(F)(F)F)cc1OCC1CCCCC1. The highest BCUT2D eigenvalue weighted by atomic mass is 19.4. The molecular formula is C22H29F3O3. The van der Waals surface area contributed by atoms with Crippen LogP contribution in [0.15, 0.2) is 18.2 Å². The Hall–Kier alpha value is -1.72. The molecule has 3 rings (SSSR count). The van der Waals surface area contributed by atoms with E-state index in [0.717, 1.165) is 63.5 Å². The summed E-state index contributed by atoms with van der Waals surface area (Å²) in [7, 11) is 0. The standard InChI is InChI=1S/C22H29F3O3/c23-22(24,25)18-11-12-19(21(26)28-15-17-9-5-2-6-10-17)20(13-18)27-14-16-7-3-1-4-8-16/h11-13,16-17H,1-10,14-15H2. The van der Waals surface area contributed by atoms with Crippen molar-refractivity contribution in [2.75, 3.05) is 13.2 Å². The van der Waals surface area contributed by atoms with Crippen LogP contribution < -0.4 is 4.74 Å². The minimum Gasteiger partial charge on any atom is -0.492 e. The number of carbonyl (C=O) groups excluding carboxylic acids is 1. The number of esters is 1. The third kappa shape index (κ3) is 5.89. The van der Waals surface area contributed by atoms with Crippen LogP contribution in [0.5, 0.6) is 5.75 Å². The van der Waals surface area contributed by atoms with Crippen LogP contribution in [0.1, 0.15) is 80.1 Å². The monoisotopic (exact) mass is 398 g/mol. The van der Waals surface area contributed by atoms with Gasteiger partial charge in [-0.2, -0.15) is 13.2 Å². The number of hydrogen-bond acceptors (Lipinski definition) is 3. The fourth-order valence-corrected chi connectivity index (χ4v) is 4.17. The summed E-state index contributed by atoms with van der Waals surface area (Å²) >= 11 is 0. The Morgan fingerprint density at radius 1 is 0.893 bits per heavy atom. The number of benzene rings is 1. The van der Waals surface area contributed by atoms with E-state index in [9.17, 15) is 18.0 Å². The minimum atomic E-state index is -4.48. The molecule has 1 aromatic rings. The van der Waals surface area contributed by atoms with Gasteiger partial charge in [0.2, 0.25) is 0 Å². The topological polar surface area (TPSA) is 35.5 Å². The molecule has 28 heavy (non-hydrogen) atoms. The Labute approximate surface area is 164 Å². The van der Waals surface area contributed by atoms with Crippen molar-refractivity contribution in [3.8, 4) is 5.75 Å². The summed E-state index contributed by atoms with van der Waals surface area (Å²) in [6.07, 6.45) is 6.53. The van der Waals surface area contributed by atoms with Crippen molar-refractivity contribution in [2.24, 2.45) is 11.8 Å². The van der Waals surface area contributed by atoms with Crippen LogP contribution in [0.25, 0.3) is 0 Å². The first-order valence-electron chi connectivity index (χ1n) is 10.4. The summed E-state index contributed by atoms with van der Waals surface area (Å²) in [6.45, 7) is 0.659. The Balaban J connectivity index is 1.69. The Bertz CT molecular complexity index is 645. The first-order chi connectivity index (χ1) is 13.4. The Morgan fingerprint density at radius 2 is 1.46 bits per heavy atom. The van der Waals surface area contributed by atoms with E-state index in [1.165, 1.54) is 18.9 Å². The predicted molar refractivity (Wildman–Crippen MR) is 100 cm³/mol. The van der Waals surface area contributed by atoms with E-state index in [0.29, 0.717) is 25.0 Å². The molecule has 0 heterocycles. The summed E-state index contributed by atoms with van der Waals surface area (Å²) in [6, 6.07) is 3.03. The van der Waals surface area contributed by atoms with Gasteiger partial charge in [-0.15, -0.1) is 0 Å². The smallest absolute Gasteiger partial charge is 0.416 e. The highest BCUT2D eigenvalue weighted by molar-refractivity contribution is 5.92. The van der Waals surface area contributed by atoms with Gasteiger partial charge in [0.15, 0.2) is 0 Å². The maximum Gasteiger partial charge on any atom is 0.416 e. The zero-order valence-corrected chi connectivity index (χ0v) is 16.2. The zero-order valence-electron chi connectivity index (χ0n) is 16.2. The molecule has 0 unspecified atom stereocenters. The lowest BCUT2D eigenvalue weighted by Gasteiger charge is -2.23. The molecule has 0 bridgehead atoms. The number of carbonyl (C=O) groups is 1. The van der Waals surface area contributed by atoms with Crippen LogP contribution in [-0.2, 0) is 10.9 Å². The third-order valence-electron chi connectivity index (χ3n) is 5.90. The molecule has 0 atom stereocenters. The highest BCUT2D eigenvalue weighted by Crippen LogP contribution is 2.34. The fraction of sp³-hybridized carbons (Fsp3) is 0.682. The molecule has 0 N–H and O–H groups in total. The maximum atomic E-state index is 13.1. The third-order valence-corrected chi connectivity index (χ3v) is 5.90. The number of hydrogen-bond donors (Lipinski definition) is 0. The van der Waals surface area contributed by atoms with Crippen molar-refractivity contribution < 1.29 is 27.4 Å². The Kier molecular flexibility index (Phi) is 7.24. The quantitative estimate of drug-likeness (QED) is 0.520. The van der Waals surface area contributed by atoms with Gasteiger partial charge in [0.25, 0.3) is 0 Å². The van der Waals surface area contributed by atoms with Gasteiger partial charge in [-0.05, 0) is 55.7 Å². The molecular weight excluding hydrogens is 369 g/mol. The lowest BCUT2D eigenvalue weighted by molar-refractivity contribution is -0.137. The highest BCUT2D eigenvalue weighted by Gasteiger charge is 2.32. The van der Waals surface area contributed by atoms with Gasteiger partial charge in [0.05, 0.1) is 18.8 Å². The molecule has 0 aliphatic heterocycles. The van der Waals surface area contributed by atoms with E-state index in [-0.39, 0.29) is 11.3 Å². The summed E-state index contributed by atoms with van der Waals surface area (Å²) in [5.41, 5.74) is -0.727. The molecule has 2 aliphatic rings. The molecule has 156 valence electrons. The van der Waals surface area contributed by atoms with Gasteiger partial charge >= 0.3 is 12.1 Å². The molecule has 2 saturated carbocycles. The van der Waals surface area contributed by atoms with Crippen molar-refractivity contribution in [2.45, 2.75) is 70.4 Å². The number of ether oxygens (including phenoxy) is 2. The molecule has 6 heteroatoms. The summed E-state index contributed by atoms with van der Waals surface area (Å²) < 4.78 is 50.5. The van der Waals surface area contributed by atoms with Crippen LogP contribution in [-0.4, -0.2) is 19.2 Å². The minimum absolute atomic E-state index is 0.0194. The van der Waals surface area contributed by atoms with Crippen molar-refractivity contribution in [1.82, 2.24) is 0 Å². The average molecular weight is 398 g/mol. The summed E-state index contributed by atoms with van der Waals surface area (Å²) in [5.74, 6) is 0.0557. The molecule has 0 saturated heterocycles. The average Bonchev–Trinajstić information content (AvgIpc) is 2.71.